The van der Waals surface area contributed by atoms with E-state index in [9.17, 15) is 8.42 Å². The lowest BCUT2D eigenvalue weighted by molar-refractivity contribution is 0.586. The fourth-order valence-corrected chi connectivity index (χ4v) is 4.58. The zero-order chi connectivity index (χ0) is 18.0. The third kappa shape index (κ3) is 3.61. The lowest BCUT2D eigenvalue weighted by Crippen LogP contribution is -2.35. The van der Waals surface area contributed by atoms with Gasteiger partial charge in [-0.15, -0.1) is 11.6 Å². The molecule has 0 aromatic heterocycles. The topological polar surface area (TPSA) is 75.8 Å². The van der Waals surface area contributed by atoms with E-state index in [1.54, 1.807) is 0 Å². The number of nitrogens with zero attached hydrogens (tertiary/aromatic N) is 2. The number of anilines is 1. The molecule has 0 spiro atoms. The average molecular weight is 398 g/mol. The number of hydrogen-bond acceptors (Lipinski definition) is 3. The third-order valence-electron chi connectivity index (χ3n) is 3.97. The van der Waals surface area contributed by atoms with E-state index in [0.717, 1.165) is 18.4 Å². The molecule has 5 nitrogen and oxygen atoms in total. The van der Waals surface area contributed by atoms with Crippen molar-refractivity contribution in [3.8, 4) is 0 Å². The van der Waals surface area contributed by atoms with Crippen molar-refractivity contribution >= 4 is 50.4 Å². The molecule has 0 saturated carbocycles. The lowest BCUT2D eigenvalue weighted by atomic mass is 10.0. The number of halogens is 2. The Bertz CT molecular complexity index is 929. The Kier molecular flexibility index (Phi) is 5.22. The normalized spacial score (nSPS) is 15.1. The van der Waals surface area contributed by atoms with E-state index in [2.05, 4.69) is 4.99 Å². The predicted molar refractivity (Wildman–Crippen MR) is 103 cm³/mol. The molecular weight excluding hydrogens is 381 g/mol. The molecule has 1 heterocycles. The van der Waals surface area contributed by atoms with Crippen molar-refractivity contribution in [3.05, 3.63) is 53.1 Å². The number of aryl methyl sites for hydroxylation is 1. The number of rotatable bonds is 4. The molecule has 1 aliphatic heterocycles. The summed E-state index contributed by atoms with van der Waals surface area (Å²) in [5, 5.41) is 0.311. The number of amidine groups is 1. The number of alkyl halides is 1. The smallest absolute Gasteiger partial charge is 0.264 e. The highest BCUT2D eigenvalue weighted by atomic mass is 35.5. The number of sulfonamides is 1. The molecule has 0 aliphatic carbocycles. The minimum Gasteiger partial charge on any atom is -0.386 e. The molecule has 0 atom stereocenters. The van der Waals surface area contributed by atoms with Crippen molar-refractivity contribution in [2.75, 3.05) is 16.7 Å². The van der Waals surface area contributed by atoms with E-state index in [-0.39, 0.29) is 22.3 Å². The molecule has 2 N–H and O–H groups in total. The molecule has 0 bridgehead atoms. The molecule has 2 aromatic carbocycles. The van der Waals surface area contributed by atoms with Gasteiger partial charge >= 0.3 is 0 Å². The second-order valence-corrected chi connectivity index (χ2v) is 8.20. The number of nitrogens with two attached hydrogens (primary N) is 1. The molecule has 0 fully saturated rings. The Morgan fingerprint density at radius 2 is 2.00 bits per heavy atom. The molecule has 3 rings (SSSR count). The highest BCUT2D eigenvalue weighted by Gasteiger charge is 2.29. The van der Waals surface area contributed by atoms with Gasteiger partial charge in [-0.3, -0.25) is 4.31 Å². The van der Waals surface area contributed by atoms with E-state index in [0.29, 0.717) is 17.3 Å². The van der Waals surface area contributed by atoms with Crippen LogP contribution in [0.3, 0.4) is 0 Å². The predicted octanol–water partition coefficient (Wildman–Crippen LogP) is 3.71. The molecular formula is C17H17Cl2N3O2S. The Hall–Kier alpha value is -1.76. The number of para-hydroxylation sites is 1. The number of aliphatic imine (C=N–C) groups is 1. The van der Waals surface area contributed by atoms with Crippen LogP contribution >= 0.6 is 23.2 Å². The molecule has 8 heteroatoms. The molecule has 0 radical (unpaired) electrons. The lowest BCUT2D eigenvalue weighted by Gasteiger charge is -2.30. The van der Waals surface area contributed by atoms with Gasteiger partial charge in [-0.1, -0.05) is 29.8 Å². The van der Waals surface area contributed by atoms with Gasteiger partial charge < -0.3 is 5.73 Å². The molecule has 1 aliphatic rings. The van der Waals surface area contributed by atoms with Gasteiger partial charge in [0.05, 0.1) is 27.2 Å². The monoisotopic (exact) mass is 397 g/mol. The Labute approximate surface area is 157 Å². The fourth-order valence-electron chi connectivity index (χ4n) is 2.80. The molecule has 2 aromatic rings. The third-order valence-corrected chi connectivity index (χ3v) is 6.38. The number of fused-ring (bicyclic) bond motifs is 1. The van der Waals surface area contributed by atoms with Crippen LogP contribution in [0.2, 0.25) is 5.02 Å². The summed E-state index contributed by atoms with van der Waals surface area (Å²) in [6.45, 7) is 0.435. The van der Waals surface area contributed by atoms with Gasteiger partial charge in [0.15, 0.2) is 0 Å². The summed E-state index contributed by atoms with van der Waals surface area (Å²) in [7, 11) is -3.73. The molecule has 0 unspecified atom stereocenters. The van der Waals surface area contributed by atoms with Crippen LogP contribution in [0.25, 0.3) is 0 Å². The Morgan fingerprint density at radius 1 is 1.24 bits per heavy atom. The van der Waals surface area contributed by atoms with E-state index in [1.165, 1.54) is 22.5 Å². The standard InChI is InChI=1S/C17H17Cl2N3O2S/c18-11-17(20)21-15-10-13(7-8-14(15)19)25(23,24)22-9-3-5-12-4-1-2-6-16(12)22/h1-2,4,6-8,10H,3,5,9,11H2,(H2,20,21). The van der Waals surface area contributed by atoms with E-state index >= 15 is 0 Å². The molecule has 132 valence electrons. The van der Waals surface area contributed by atoms with E-state index in [1.807, 2.05) is 24.3 Å². The molecule has 0 amide bonds. The minimum absolute atomic E-state index is 0.0345. The first-order chi connectivity index (χ1) is 11.9. The summed E-state index contributed by atoms with van der Waals surface area (Å²) in [6, 6.07) is 11.9. The minimum atomic E-state index is -3.73. The Morgan fingerprint density at radius 3 is 2.76 bits per heavy atom. The largest absolute Gasteiger partial charge is 0.386 e. The van der Waals surface area contributed by atoms with Gasteiger partial charge in [-0.2, -0.15) is 0 Å². The average Bonchev–Trinajstić information content (AvgIpc) is 2.62. The van der Waals surface area contributed by atoms with Crippen LogP contribution in [0.4, 0.5) is 11.4 Å². The number of hydrogen-bond donors (Lipinski definition) is 1. The summed E-state index contributed by atoms with van der Waals surface area (Å²) in [5.74, 6) is 0.203. The van der Waals surface area contributed by atoms with Crippen LogP contribution in [0.15, 0.2) is 52.4 Å². The molecule has 0 saturated heterocycles. The van der Waals surface area contributed by atoms with Crippen molar-refractivity contribution < 1.29 is 8.42 Å². The maximum Gasteiger partial charge on any atom is 0.264 e. The van der Waals surface area contributed by atoms with Gasteiger partial charge in [0.25, 0.3) is 10.0 Å². The first-order valence-electron chi connectivity index (χ1n) is 7.72. The van der Waals surface area contributed by atoms with Crippen LogP contribution in [-0.4, -0.2) is 26.7 Å². The van der Waals surface area contributed by atoms with Gasteiger partial charge in [0.1, 0.15) is 5.84 Å². The van der Waals surface area contributed by atoms with Crippen LogP contribution in [0, 0.1) is 0 Å². The maximum atomic E-state index is 13.1. The summed E-state index contributed by atoms with van der Waals surface area (Å²) in [4.78, 5) is 4.21. The summed E-state index contributed by atoms with van der Waals surface area (Å²) in [6.07, 6.45) is 1.64. The first-order valence-corrected chi connectivity index (χ1v) is 10.1. The SMILES string of the molecule is NC(CCl)=Nc1cc(S(=O)(=O)N2CCCc3ccccc32)ccc1Cl. The summed E-state index contributed by atoms with van der Waals surface area (Å²) >= 11 is 11.7. The van der Waals surface area contributed by atoms with Crippen molar-refractivity contribution in [2.45, 2.75) is 17.7 Å². The van der Waals surface area contributed by atoms with Crippen molar-refractivity contribution in [1.82, 2.24) is 0 Å². The van der Waals surface area contributed by atoms with Crippen molar-refractivity contribution in [1.29, 1.82) is 0 Å². The molecule has 25 heavy (non-hydrogen) atoms. The second kappa shape index (κ2) is 7.23. The van der Waals surface area contributed by atoms with E-state index in [4.69, 9.17) is 28.9 Å². The zero-order valence-corrected chi connectivity index (χ0v) is 15.7. The summed E-state index contributed by atoms with van der Waals surface area (Å²) < 4.78 is 27.7. The highest BCUT2D eigenvalue weighted by molar-refractivity contribution is 7.92. The Balaban J connectivity index is 2.06. The zero-order valence-electron chi connectivity index (χ0n) is 13.3. The second-order valence-electron chi connectivity index (χ2n) is 5.66. The van der Waals surface area contributed by atoms with Crippen molar-refractivity contribution in [3.63, 3.8) is 0 Å². The highest BCUT2D eigenvalue weighted by Crippen LogP contribution is 2.34. The first kappa shape index (κ1) is 18.0. The van der Waals surface area contributed by atoms with Crippen molar-refractivity contribution in [2.24, 2.45) is 10.7 Å². The van der Waals surface area contributed by atoms with Gasteiger partial charge in [-0.25, -0.2) is 13.4 Å². The van der Waals surface area contributed by atoms with Crippen LogP contribution in [-0.2, 0) is 16.4 Å². The number of benzene rings is 2. The fraction of sp³-hybridized carbons (Fsp3) is 0.235. The quantitative estimate of drug-likeness (QED) is 0.485. The van der Waals surface area contributed by atoms with Crippen LogP contribution < -0.4 is 10.0 Å². The van der Waals surface area contributed by atoms with Gasteiger partial charge in [0.2, 0.25) is 0 Å². The van der Waals surface area contributed by atoms with Gasteiger partial charge in [0, 0.05) is 6.54 Å². The van der Waals surface area contributed by atoms with Crippen LogP contribution in [0.5, 0.6) is 0 Å². The van der Waals surface area contributed by atoms with Crippen LogP contribution in [0.1, 0.15) is 12.0 Å². The van der Waals surface area contributed by atoms with E-state index < -0.39 is 10.0 Å². The summed E-state index contributed by atoms with van der Waals surface area (Å²) in [5.41, 5.74) is 7.66. The van der Waals surface area contributed by atoms with Gasteiger partial charge in [-0.05, 0) is 42.7 Å². The maximum absolute atomic E-state index is 13.1.